The number of hydrogen-bond acceptors (Lipinski definition) is 3. The number of halogens is 5. The largest absolute Gasteiger partial charge is 0.462 e. The molecule has 0 amide bonds. The first kappa shape index (κ1) is 20.5. The van der Waals surface area contributed by atoms with Crippen molar-refractivity contribution < 1.29 is 31.5 Å². The zero-order valence-electron chi connectivity index (χ0n) is 12.3. The van der Waals surface area contributed by atoms with Gasteiger partial charge in [-0.25, -0.2) is 0 Å². The van der Waals surface area contributed by atoms with Gasteiger partial charge in [0.2, 0.25) is 0 Å². The summed E-state index contributed by atoms with van der Waals surface area (Å²) in [6, 6.07) is 0. The van der Waals surface area contributed by atoms with Crippen LogP contribution >= 0.6 is 11.8 Å². The SMILES string of the molecule is CCCCC(SCCC(F)(F)C(F)(F)F)C(=O)OC(C)C. The lowest BCUT2D eigenvalue weighted by molar-refractivity contribution is -0.282. The maximum atomic E-state index is 12.8. The summed E-state index contributed by atoms with van der Waals surface area (Å²) in [4.78, 5) is 11.8. The van der Waals surface area contributed by atoms with E-state index in [4.69, 9.17) is 4.74 Å². The Morgan fingerprint density at radius 3 is 2.19 bits per heavy atom. The van der Waals surface area contributed by atoms with Crippen molar-refractivity contribution in [3.05, 3.63) is 0 Å². The molecule has 0 aromatic heterocycles. The Bertz CT molecular complexity index is 318. The van der Waals surface area contributed by atoms with E-state index in [1.165, 1.54) is 0 Å². The molecule has 0 fully saturated rings. The van der Waals surface area contributed by atoms with Gasteiger partial charge in [0.15, 0.2) is 0 Å². The summed E-state index contributed by atoms with van der Waals surface area (Å²) in [5.74, 6) is -5.73. The molecule has 0 spiro atoms. The number of hydrogen-bond donors (Lipinski definition) is 0. The van der Waals surface area contributed by atoms with Crippen molar-refractivity contribution in [1.29, 1.82) is 0 Å². The third kappa shape index (κ3) is 7.87. The molecule has 0 aliphatic carbocycles. The number of rotatable bonds is 9. The van der Waals surface area contributed by atoms with E-state index < -0.39 is 35.5 Å². The highest BCUT2D eigenvalue weighted by Gasteiger charge is 2.56. The van der Waals surface area contributed by atoms with Crippen LogP contribution in [-0.2, 0) is 9.53 Å². The van der Waals surface area contributed by atoms with Gasteiger partial charge in [-0.15, -0.1) is 11.8 Å². The number of carbonyl (C=O) groups is 1. The molecule has 21 heavy (non-hydrogen) atoms. The molecule has 0 aliphatic rings. The van der Waals surface area contributed by atoms with Crippen LogP contribution in [0.25, 0.3) is 0 Å². The van der Waals surface area contributed by atoms with Crippen LogP contribution < -0.4 is 0 Å². The van der Waals surface area contributed by atoms with Gasteiger partial charge < -0.3 is 4.74 Å². The monoisotopic (exact) mass is 336 g/mol. The fraction of sp³-hybridized carbons (Fsp3) is 0.923. The van der Waals surface area contributed by atoms with Crippen molar-refractivity contribution in [1.82, 2.24) is 0 Å². The number of carbonyl (C=O) groups excluding carboxylic acids is 1. The van der Waals surface area contributed by atoms with Crippen LogP contribution in [-0.4, -0.2) is 35.2 Å². The number of esters is 1. The highest BCUT2D eigenvalue weighted by atomic mass is 32.2. The molecule has 1 atom stereocenters. The highest BCUT2D eigenvalue weighted by Crippen LogP contribution is 2.39. The van der Waals surface area contributed by atoms with E-state index in [2.05, 4.69) is 0 Å². The van der Waals surface area contributed by atoms with Gasteiger partial charge >= 0.3 is 18.1 Å². The van der Waals surface area contributed by atoms with Gasteiger partial charge in [0, 0.05) is 12.2 Å². The lowest BCUT2D eigenvalue weighted by Crippen LogP contribution is -2.37. The predicted molar refractivity (Wildman–Crippen MR) is 72.6 cm³/mol. The Balaban J connectivity index is 4.45. The summed E-state index contributed by atoms with van der Waals surface area (Å²) >= 11 is 0.800. The van der Waals surface area contributed by atoms with Crippen molar-refractivity contribution >= 4 is 17.7 Å². The number of unbranched alkanes of at least 4 members (excludes halogenated alkanes) is 1. The first-order valence-corrected chi connectivity index (χ1v) is 7.82. The summed E-state index contributed by atoms with van der Waals surface area (Å²) in [7, 11) is 0. The summed E-state index contributed by atoms with van der Waals surface area (Å²) in [6.07, 6.45) is -5.35. The minimum Gasteiger partial charge on any atom is -0.462 e. The summed E-state index contributed by atoms with van der Waals surface area (Å²) in [5, 5.41) is -0.698. The van der Waals surface area contributed by atoms with Gasteiger partial charge in [-0.3, -0.25) is 4.79 Å². The van der Waals surface area contributed by atoms with E-state index >= 15 is 0 Å². The maximum absolute atomic E-state index is 12.8. The van der Waals surface area contributed by atoms with E-state index in [0.29, 0.717) is 12.8 Å². The van der Waals surface area contributed by atoms with E-state index in [-0.39, 0.29) is 6.10 Å². The number of thioether (sulfide) groups is 1. The first-order valence-electron chi connectivity index (χ1n) is 6.78. The normalized spacial score (nSPS) is 14.3. The van der Waals surface area contributed by atoms with Crippen molar-refractivity contribution in [2.45, 2.75) is 69.9 Å². The zero-order chi connectivity index (χ0) is 16.7. The standard InChI is InChI=1S/C13H21F5O2S/c1-4-5-6-10(11(19)20-9(2)3)21-8-7-12(14,15)13(16,17)18/h9-10H,4-8H2,1-3H3. The lowest BCUT2D eigenvalue weighted by atomic mass is 10.2. The summed E-state index contributed by atoms with van der Waals surface area (Å²) in [5.41, 5.74) is 0. The second kappa shape index (κ2) is 8.80. The van der Waals surface area contributed by atoms with Crippen LogP contribution in [0.1, 0.15) is 46.5 Å². The van der Waals surface area contributed by atoms with Crippen molar-refractivity contribution in [3.63, 3.8) is 0 Å². The van der Waals surface area contributed by atoms with Gasteiger partial charge in [-0.1, -0.05) is 19.8 Å². The van der Waals surface area contributed by atoms with Crippen LogP contribution in [0.3, 0.4) is 0 Å². The molecule has 0 aromatic carbocycles. The molecule has 0 N–H and O–H groups in total. The lowest BCUT2D eigenvalue weighted by Gasteiger charge is -2.21. The molecular weight excluding hydrogens is 315 g/mol. The van der Waals surface area contributed by atoms with E-state index in [1.54, 1.807) is 13.8 Å². The number of ether oxygens (including phenoxy) is 1. The molecule has 0 saturated carbocycles. The average molecular weight is 336 g/mol. The molecule has 0 heterocycles. The highest BCUT2D eigenvalue weighted by molar-refractivity contribution is 8.00. The first-order chi connectivity index (χ1) is 9.51. The van der Waals surface area contributed by atoms with Crippen LogP contribution in [0.2, 0.25) is 0 Å². The minimum absolute atomic E-state index is 0.348. The summed E-state index contributed by atoms with van der Waals surface area (Å²) in [6.45, 7) is 5.20. The average Bonchev–Trinajstić information content (AvgIpc) is 2.30. The van der Waals surface area contributed by atoms with E-state index in [0.717, 1.165) is 18.2 Å². The molecule has 0 aromatic rings. The summed E-state index contributed by atoms with van der Waals surface area (Å²) < 4.78 is 66.7. The predicted octanol–water partition coefficient (Wildman–Crippen LogP) is 4.82. The Hall–Kier alpha value is -0.530. The minimum atomic E-state index is -5.55. The second-order valence-electron chi connectivity index (χ2n) is 4.94. The van der Waals surface area contributed by atoms with Gasteiger partial charge in [0.1, 0.15) is 5.25 Å². The Kier molecular flexibility index (Phi) is 8.58. The van der Waals surface area contributed by atoms with Crippen LogP contribution in [0.4, 0.5) is 22.0 Å². The van der Waals surface area contributed by atoms with Gasteiger partial charge in [-0.05, 0) is 20.3 Å². The molecule has 126 valence electrons. The Labute approximate surface area is 125 Å². The molecular formula is C13H21F5O2S. The van der Waals surface area contributed by atoms with Crippen molar-refractivity contribution in [2.75, 3.05) is 5.75 Å². The number of alkyl halides is 5. The zero-order valence-corrected chi connectivity index (χ0v) is 13.1. The molecule has 0 aliphatic heterocycles. The second-order valence-corrected chi connectivity index (χ2v) is 6.25. The topological polar surface area (TPSA) is 26.3 Å². The van der Waals surface area contributed by atoms with Gasteiger partial charge in [-0.2, -0.15) is 22.0 Å². The third-order valence-corrected chi connectivity index (χ3v) is 3.85. The van der Waals surface area contributed by atoms with Crippen molar-refractivity contribution in [3.8, 4) is 0 Å². The molecule has 0 saturated heterocycles. The molecule has 2 nitrogen and oxygen atoms in total. The molecule has 0 radical (unpaired) electrons. The van der Waals surface area contributed by atoms with E-state index in [9.17, 15) is 26.7 Å². The van der Waals surface area contributed by atoms with Crippen LogP contribution in [0.5, 0.6) is 0 Å². The van der Waals surface area contributed by atoms with Crippen molar-refractivity contribution in [2.24, 2.45) is 0 Å². The van der Waals surface area contributed by atoms with Crippen LogP contribution in [0, 0.1) is 0 Å². The molecule has 8 heteroatoms. The smallest absolute Gasteiger partial charge is 0.453 e. The molecule has 1 unspecified atom stereocenters. The van der Waals surface area contributed by atoms with Crippen LogP contribution in [0.15, 0.2) is 0 Å². The van der Waals surface area contributed by atoms with Gasteiger partial charge in [0.25, 0.3) is 0 Å². The van der Waals surface area contributed by atoms with E-state index in [1.807, 2.05) is 6.92 Å². The fourth-order valence-electron chi connectivity index (χ4n) is 1.44. The van der Waals surface area contributed by atoms with Gasteiger partial charge in [0.05, 0.1) is 6.10 Å². The quantitative estimate of drug-likeness (QED) is 0.446. The molecule has 0 bridgehead atoms. The Morgan fingerprint density at radius 1 is 1.19 bits per heavy atom. The fourth-order valence-corrected chi connectivity index (χ4v) is 2.62. The molecule has 0 rings (SSSR count). The maximum Gasteiger partial charge on any atom is 0.453 e. The third-order valence-electron chi connectivity index (χ3n) is 2.58. The Morgan fingerprint density at radius 2 is 1.76 bits per heavy atom.